The highest BCUT2D eigenvalue weighted by Crippen LogP contribution is 2.19. The number of nitrogens with zero attached hydrogens (tertiary/aromatic N) is 2. The molecule has 0 aliphatic carbocycles. The molecule has 0 bridgehead atoms. The Morgan fingerprint density at radius 3 is 2.76 bits per heavy atom. The molecule has 5 heteroatoms. The summed E-state index contributed by atoms with van der Waals surface area (Å²) in [6.45, 7) is 1.94. The van der Waals surface area contributed by atoms with Crippen LogP contribution in [0.2, 0.25) is 0 Å². The van der Waals surface area contributed by atoms with Crippen LogP contribution in [0.15, 0.2) is 48.7 Å². The molecule has 2 heterocycles. The Labute approximate surface area is 121 Å². The Morgan fingerprint density at radius 1 is 1.14 bits per heavy atom. The highest BCUT2D eigenvalue weighted by molar-refractivity contribution is 6.04. The van der Waals surface area contributed by atoms with Crippen LogP contribution in [-0.4, -0.2) is 15.9 Å². The second-order valence-electron chi connectivity index (χ2n) is 4.79. The third-order valence-corrected chi connectivity index (χ3v) is 3.14. The number of aromatic nitrogens is 2. The summed E-state index contributed by atoms with van der Waals surface area (Å²) in [5, 5.41) is 3.62. The SMILES string of the molecule is Cc1ccc(NC(=O)c2ccc3cccc(N)c3n2)nc1. The number of hydrogen-bond acceptors (Lipinski definition) is 4. The summed E-state index contributed by atoms with van der Waals surface area (Å²) >= 11 is 0. The van der Waals surface area contributed by atoms with Gasteiger partial charge in [-0.05, 0) is 30.7 Å². The molecule has 2 aromatic heterocycles. The fraction of sp³-hybridized carbons (Fsp3) is 0.0625. The summed E-state index contributed by atoms with van der Waals surface area (Å²) in [6.07, 6.45) is 1.70. The molecule has 21 heavy (non-hydrogen) atoms. The van der Waals surface area contributed by atoms with Crippen LogP contribution < -0.4 is 11.1 Å². The number of nitrogen functional groups attached to an aromatic ring is 1. The molecule has 1 amide bonds. The third kappa shape index (κ3) is 2.67. The lowest BCUT2D eigenvalue weighted by Gasteiger charge is -2.06. The minimum Gasteiger partial charge on any atom is -0.397 e. The first kappa shape index (κ1) is 13.1. The third-order valence-electron chi connectivity index (χ3n) is 3.14. The molecule has 0 fully saturated rings. The quantitative estimate of drug-likeness (QED) is 0.706. The zero-order valence-electron chi connectivity index (χ0n) is 11.5. The van der Waals surface area contributed by atoms with Gasteiger partial charge in [-0.25, -0.2) is 9.97 Å². The molecule has 0 unspecified atom stereocenters. The fourth-order valence-electron chi connectivity index (χ4n) is 2.02. The summed E-state index contributed by atoms with van der Waals surface area (Å²) in [5.74, 6) is 0.185. The van der Waals surface area contributed by atoms with Crippen LogP contribution in [0.5, 0.6) is 0 Å². The first-order chi connectivity index (χ1) is 10.1. The van der Waals surface area contributed by atoms with E-state index in [4.69, 9.17) is 5.73 Å². The minimum atomic E-state index is -0.309. The monoisotopic (exact) mass is 278 g/mol. The molecule has 3 rings (SSSR count). The van der Waals surface area contributed by atoms with E-state index in [1.807, 2.05) is 31.2 Å². The second kappa shape index (κ2) is 5.20. The Bertz CT molecular complexity index is 812. The molecule has 1 aromatic carbocycles. The van der Waals surface area contributed by atoms with E-state index >= 15 is 0 Å². The number of aryl methyl sites for hydroxylation is 1. The molecule has 5 nitrogen and oxygen atoms in total. The average molecular weight is 278 g/mol. The predicted molar refractivity (Wildman–Crippen MR) is 83.1 cm³/mol. The van der Waals surface area contributed by atoms with Crippen molar-refractivity contribution in [2.75, 3.05) is 11.1 Å². The van der Waals surface area contributed by atoms with E-state index in [9.17, 15) is 4.79 Å². The number of carbonyl (C=O) groups excluding carboxylic acids is 1. The van der Waals surface area contributed by atoms with E-state index in [1.165, 1.54) is 0 Å². The molecule has 104 valence electrons. The lowest BCUT2D eigenvalue weighted by molar-refractivity contribution is 0.102. The van der Waals surface area contributed by atoms with Crippen LogP contribution in [0.25, 0.3) is 10.9 Å². The molecule has 3 aromatic rings. The van der Waals surface area contributed by atoms with Crippen LogP contribution in [0.4, 0.5) is 11.5 Å². The zero-order chi connectivity index (χ0) is 14.8. The molecular weight excluding hydrogens is 264 g/mol. The average Bonchev–Trinajstić information content (AvgIpc) is 2.50. The van der Waals surface area contributed by atoms with Gasteiger partial charge in [-0.2, -0.15) is 0 Å². The molecule has 0 radical (unpaired) electrons. The van der Waals surface area contributed by atoms with Crippen LogP contribution >= 0.6 is 0 Å². The van der Waals surface area contributed by atoms with Gasteiger partial charge in [0.05, 0.1) is 11.2 Å². The number of carbonyl (C=O) groups is 1. The second-order valence-corrected chi connectivity index (χ2v) is 4.79. The first-order valence-electron chi connectivity index (χ1n) is 6.53. The number of hydrogen-bond donors (Lipinski definition) is 2. The van der Waals surface area contributed by atoms with Crippen molar-refractivity contribution in [2.24, 2.45) is 0 Å². The van der Waals surface area contributed by atoms with E-state index < -0.39 is 0 Å². The Kier molecular flexibility index (Phi) is 3.23. The normalized spacial score (nSPS) is 10.5. The Morgan fingerprint density at radius 2 is 2.00 bits per heavy atom. The van der Waals surface area contributed by atoms with Crippen molar-refractivity contribution in [3.05, 3.63) is 59.9 Å². The molecule has 0 saturated heterocycles. The van der Waals surface area contributed by atoms with Gasteiger partial charge >= 0.3 is 0 Å². The van der Waals surface area contributed by atoms with Crippen LogP contribution in [0, 0.1) is 6.92 Å². The van der Waals surface area contributed by atoms with Crippen LogP contribution in [0.3, 0.4) is 0 Å². The van der Waals surface area contributed by atoms with E-state index in [1.54, 1.807) is 24.4 Å². The Balaban J connectivity index is 1.91. The lowest BCUT2D eigenvalue weighted by Crippen LogP contribution is -2.14. The van der Waals surface area contributed by atoms with Gasteiger partial charge in [0, 0.05) is 11.6 Å². The van der Waals surface area contributed by atoms with Crippen molar-refractivity contribution in [3.8, 4) is 0 Å². The van der Waals surface area contributed by atoms with Gasteiger partial charge in [-0.15, -0.1) is 0 Å². The highest BCUT2D eigenvalue weighted by atomic mass is 16.1. The van der Waals surface area contributed by atoms with E-state index in [2.05, 4.69) is 15.3 Å². The smallest absolute Gasteiger partial charge is 0.275 e. The van der Waals surface area contributed by atoms with Crippen LogP contribution in [-0.2, 0) is 0 Å². The number of anilines is 2. The van der Waals surface area contributed by atoms with Crippen LogP contribution in [0.1, 0.15) is 16.1 Å². The molecule has 0 spiro atoms. The number of nitrogens with two attached hydrogens (primary N) is 1. The number of pyridine rings is 2. The van der Waals surface area contributed by atoms with Gasteiger partial charge in [-0.3, -0.25) is 4.79 Å². The fourth-order valence-corrected chi connectivity index (χ4v) is 2.02. The Hall–Kier alpha value is -2.95. The molecule has 0 atom stereocenters. The highest BCUT2D eigenvalue weighted by Gasteiger charge is 2.10. The topological polar surface area (TPSA) is 80.9 Å². The standard InChI is InChI=1S/C16H14N4O/c1-10-5-8-14(18-9-10)20-16(21)13-7-6-11-3-2-4-12(17)15(11)19-13/h2-9H,17H2,1H3,(H,18,20,21). The van der Waals surface area contributed by atoms with Crippen molar-refractivity contribution in [3.63, 3.8) is 0 Å². The van der Waals surface area contributed by atoms with E-state index in [0.717, 1.165) is 10.9 Å². The first-order valence-corrected chi connectivity index (χ1v) is 6.53. The largest absolute Gasteiger partial charge is 0.397 e. The maximum Gasteiger partial charge on any atom is 0.275 e. The zero-order valence-corrected chi connectivity index (χ0v) is 11.5. The van der Waals surface area contributed by atoms with E-state index in [-0.39, 0.29) is 5.91 Å². The van der Waals surface area contributed by atoms with Gasteiger partial charge in [0.15, 0.2) is 0 Å². The summed E-state index contributed by atoms with van der Waals surface area (Å²) in [5.41, 5.74) is 8.41. The lowest BCUT2D eigenvalue weighted by atomic mass is 10.1. The van der Waals surface area contributed by atoms with Crippen molar-refractivity contribution in [2.45, 2.75) is 6.92 Å². The van der Waals surface area contributed by atoms with Crippen molar-refractivity contribution in [1.82, 2.24) is 9.97 Å². The maximum absolute atomic E-state index is 12.2. The number of amides is 1. The number of nitrogens with one attached hydrogen (secondary N) is 1. The van der Waals surface area contributed by atoms with Crippen molar-refractivity contribution >= 4 is 28.3 Å². The molecule has 0 aliphatic heterocycles. The molecular formula is C16H14N4O. The van der Waals surface area contributed by atoms with Gasteiger partial charge in [-0.1, -0.05) is 24.3 Å². The molecule has 0 saturated carbocycles. The van der Waals surface area contributed by atoms with Gasteiger partial charge < -0.3 is 11.1 Å². The molecule has 3 N–H and O–H groups in total. The summed E-state index contributed by atoms with van der Waals surface area (Å²) < 4.78 is 0. The van der Waals surface area contributed by atoms with Gasteiger partial charge in [0.25, 0.3) is 5.91 Å². The maximum atomic E-state index is 12.2. The predicted octanol–water partition coefficient (Wildman–Crippen LogP) is 2.77. The van der Waals surface area contributed by atoms with E-state index in [0.29, 0.717) is 22.7 Å². The number of fused-ring (bicyclic) bond motifs is 1. The minimum absolute atomic E-state index is 0.308. The summed E-state index contributed by atoms with van der Waals surface area (Å²) in [4.78, 5) is 20.7. The summed E-state index contributed by atoms with van der Waals surface area (Å²) in [7, 11) is 0. The molecule has 0 aliphatic rings. The van der Waals surface area contributed by atoms with Crippen molar-refractivity contribution in [1.29, 1.82) is 0 Å². The van der Waals surface area contributed by atoms with Gasteiger partial charge in [0.1, 0.15) is 11.5 Å². The van der Waals surface area contributed by atoms with Gasteiger partial charge in [0.2, 0.25) is 0 Å². The summed E-state index contributed by atoms with van der Waals surface area (Å²) in [6, 6.07) is 12.7. The number of rotatable bonds is 2. The number of para-hydroxylation sites is 1. The van der Waals surface area contributed by atoms with Crippen molar-refractivity contribution < 1.29 is 4.79 Å². The number of benzene rings is 1.